The van der Waals surface area contributed by atoms with Gasteiger partial charge in [-0.2, -0.15) is 0 Å². The van der Waals surface area contributed by atoms with E-state index >= 15 is 0 Å². The quantitative estimate of drug-likeness (QED) is 0.597. The number of halogens is 1. The molecule has 2 fully saturated rings. The molecule has 3 rings (SSSR count). The van der Waals surface area contributed by atoms with Crippen LogP contribution >= 0.6 is 11.8 Å². The minimum atomic E-state index is -0.307. The van der Waals surface area contributed by atoms with Gasteiger partial charge in [0.15, 0.2) is 0 Å². The van der Waals surface area contributed by atoms with Crippen molar-refractivity contribution < 1.29 is 18.7 Å². The van der Waals surface area contributed by atoms with Gasteiger partial charge in [-0.15, -0.1) is 11.8 Å². The fourth-order valence-electron chi connectivity index (χ4n) is 3.62. The van der Waals surface area contributed by atoms with Crippen LogP contribution in [0, 0.1) is 5.82 Å². The molecule has 1 saturated carbocycles. The highest BCUT2D eigenvalue weighted by Gasteiger charge is 2.40. The summed E-state index contributed by atoms with van der Waals surface area (Å²) >= 11 is 1.49. The molecule has 5 nitrogen and oxygen atoms in total. The number of methoxy groups -OCH3 is 1. The molecule has 1 aromatic carbocycles. The average Bonchev–Trinajstić information content (AvgIpc) is 2.67. The SMILES string of the molecule is COCCNC(=O)/C=C1\SC2CCCCC2N(Cc2ccccc2F)C1=O. The van der Waals surface area contributed by atoms with Crippen molar-refractivity contribution >= 4 is 23.6 Å². The van der Waals surface area contributed by atoms with E-state index in [9.17, 15) is 14.0 Å². The van der Waals surface area contributed by atoms with Crippen molar-refractivity contribution in [1.82, 2.24) is 10.2 Å². The van der Waals surface area contributed by atoms with E-state index in [1.165, 1.54) is 23.9 Å². The second-order valence-electron chi connectivity index (χ2n) is 6.82. The van der Waals surface area contributed by atoms with E-state index in [0.29, 0.717) is 23.6 Å². The van der Waals surface area contributed by atoms with Crippen LogP contribution < -0.4 is 5.32 Å². The third kappa shape index (κ3) is 4.90. The lowest BCUT2D eigenvalue weighted by atomic mass is 9.92. The molecule has 0 bridgehead atoms. The Bertz CT molecular complexity index is 725. The number of rotatable bonds is 6. The Labute approximate surface area is 163 Å². The molecule has 2 atom stereocenters. The first-order chi connectivity index (χ1) is 13.1. The molecule has 2 unspecified atom stereocenters. The van der Waals surface area contributed by atoms with Gasteiger partial charge in [-0.25, -0.2) is 4.39 Å². The summed E-state index contributed by atoms with van der Waals surface area (Å²) in [7, 11) is 1.56. The second-order valence-corrected chi connectivity index (χ2v) is 8.11. The minimum Gasteiger partial charge on any atom is -0.383 e. The molecule has 27 heavy (non-hydrogen) atoms. The maximum absolute atomic E-state index is 14.1. The number of amides is 2. The van der Waals surface area contributed by atoms with Gasteiger partial charge >= 0.3 is 0 Å². The van der Waals surface area contributed by atoms with Gasteiger partial charge < -0.3 is 15.0 Å². The molecular formula is C20H25FN2O3S. The van der Waals surface area contributed by atoms with Crippen LogP contribution in [-0.2, 0) is 20.9 Å². The summed E-state index contributed by atoms with van der Waals surface area (Å²) in [6.07, 6.45) is 5.48. The molecule has 2 amide bonds. The van der Waals surface area contributed by atoms with Crippen LogP contribution in [0.5, 0.6) is 0 Å². The monoisotopic (exact) mass is 392 g/mol. The zero-order valence-electron chi connectivity index (χ0n) is 15.4. The van der Waals surface area contributed by atoms with E-state index in [1.54, 1.807) is 30.2 Å². The summed E-state index contributed by atoms with van der Waals surface area (Å²) in [5.74, 6) is -0.796. The Hall–Kier alpha value is -1.86. The molecule has 146 valence electrons. The zero-order chi connectivity index (χ0) is 19.2. The first kappa shape index (κ1) is 19.9. The first-order valence-electron chi connectivity index (χ1n) is 9.29. The Morgan fingerprint density at radius 1 is 1.37 bits per heavy atom. The van der Waals surface area contributed by atoms with Crippen molar-refractivity contribution in [3.63, 3.8) is 0 Å². The normalized spacial score (nSPS) is 24.0. The maximum atomic E-state index is 14.1. The number of carbonyl (C=O) groups is 2. The van der Waals surface area contributed by atoms with Crippen molar-refractivity contribution in [3.8, 4) is 0 Å². The number of ether oxygens (including phenoxy) is 1. The Kier molecular flexibility index (Phi) is 6.90. The topological polar surface area (TPSA) is 58.6 Å². The number of hydrogen-bond donors (Lipinski definition) is 1. The van der Waals surface area contributed by atoms with E-state index in [2.05, 4.69) is 5.32 Å². The van der Waals surface area contributed by atoms with Crippen LogP contribution in [0.2, 0.25) is 0 Å². The number of benzene rings is 1. The number of hydrogen-bond acceptors (Lipinski definition) is 4. The molecule has 0 aromatic heterocycles. The molecule has 1 aromatic rings. The number of thioether (sulfide) groups is 1. The summed E-state index contributed by atoms with van der Waals surface area (Å²) < 4.78 is 19.1. The van der Waals surface area contributed by atoms with Crippen LogP contribution in [-0.4, -0.2) is 48.3 Å². The Morgan fingerprint density at radius 2 is 2.15 bits per heavy atom. The molecule has 1 N–H and O–H groups in total. The molecule has 1 aliphatic heterocycles. The Balaban J connectivity index is 1.80. The molecule has 7 heteroatoms. The number of fused-ring (bicyclic) bond motifs is 1. The van der Waals surface area contributed by atoms with Crippen molar-refractivity contribution in [3.05, 3.63) is 46.6 Å². The van der Waals surface area contributed by atoms with Crippen molar-refractivity contribution in [1.29, 1.82) is 0 Å². The molecule has 0 spiro atoms. The van der Waals surface area contributed by atoms with Gasteiger partial charge in [-0.3, -0.25) is 9.59 Å². The van der Waals surface area contributed by atoms with Gasteiger partial charge in [0.2, 0.25) is 5.91 Å². The van der Waals surface area contributed by atoms with Gasteiger partial charge in [0.1, 0.15) is 5.82 Å². The fourth-order valence-corrected chi connectivity index (χ4v) is 5.06. The predicted molar refractivity (Wildman–Crippen MR) is 104 cm³/mol. The molecule has 1 heterocycles. The smallest absolute Gasteiger partial charge is 0.261 e. The lowest BCUT2D eigenvalue weighted by molar-refractivity contribution is -0.130. The van der Waals surface area contributed by atoms with E-state index < -0.39 is 0 Å². The van der Waals surface area contributed by atoms with Crippen LogP contribution in [0.15, 0.2) is 35.2 Å². The highest BCUT2D eigenvalue weighted by atomic mass is 32.2. The van der Waals surface area contributed by atoms with Crippen LogP contribution in [0.1, 0.15) is 31.2 Å². The lowest BCUT2D eigenvalue weighted by Gasteiger charge is -2.44. The molecule has 0 radical (unpaired) electrons. The molecule has 1 saturated heterocycles. The van der Waals surface area contributed by atoms with Gasteiger partial charge in [0.25, 0.3) is 5.91 Å². The van der Waals surface area contributed by atoms with E-state index in [4.69, 9.17) is 4.74 Å². The average molecular weight is 392 g/mol. The molecule has 2 aliphatic rings. The van der Waals surface area contributed by atoms with E-state index in [-0.39, 0.29) is 35.5 Å². The Morgan fingerprint density at radius 3 is 2.93 bits per heavy atom. The zero-order valence-corrected chi connectivity index (χ0v) is 16.3. The molecule has 1 aliphatic carbocycles. The summed E-state index contributed by atoms with van der Waals surface area (Å²) in [6, 6.07) is 6.63. The van der Waals surface area contributed by atoms with Gasteiger partial charge in [-0.05, 0) is 18.9 Å². The van der Waals surface area contributed by atoms with E-state index in [0.717, 1.165) is 25.7 Å². The van der Waals surface area contributed by atoms with Gasteiger partial charge in [-0.1, -0.05) is 31.0 Å². The van der Waals surface area contributed by atoms with Crippen molar-refractivity contribution in [2.24, 2.45) is 0 Å². The van der Waals surface area contributed by atoms with Gasteiger partial charge in [0, 0.05) is 43.1 Å². The highest BCUT2D eigenvalue weighted by Crippen LogP contribution is 2.42. The molecular weight excluding hydrogens is 367 g/mol. The number of nitrogens with zero attached hydrogens (tertiary/aromatic N) is 1. The lowest BCUT2D eigenvalue weighted by Crippen LogP contribution is -2.51. The van der Waals surface area contributed by atoms with E-state index in [1.807, 2.05) is 0 Å². The largest absolute Gasteiger partial charge is 0.383 e. The third-order valence-electron chi connectivity index (χ3n) is 4.98. The first-order valence-corrected chi connectivity index (χ1v) is 10.2. The highest BCUT2D eigenvalue weighted by molar-refractivity contribution is 8.04. The number of carbonyl (C=O) groups excluding carboxylic acids is 2. The predicted octanol–water partition coefficient (Wildman–Crippen LogP) is 2.86. The van der Waals surface area contributed by atoms with Gasteiger partial charge in [0.05, 0.1) is 11.5 Å². The number of nitrogens with one attached hydrogen (secondary N) is 1. The summed E-state index contributed by atoms with van der Waals surface area (Å²) in [4.78, 5) is 27.4. The van der Waals surface area contributed by atoms with Crippen LogP contribution in [0.25, 0.3) is 0 Å². The standard InChI is InChI=1S/C20H25FN2O3S/c1-26-11-10-22-19(24)12-18-20(25)23(13-14-6-2-3-7-15(14)21)16-8-4-5-9-17(16)27-18/h2-3,6-7,12,16-17H,4-5,8-11,13H2,1H3,(H,22,24)/b18-12-. The van der Waals surface area contributed by atoms with Crippen molar-refractivity contribution in [2.75, 3.05) is 20.3 Å². The van der Waals surface area contributed by atoms with Crippen molar-refractivity contribution in [2.45, 2.75) is 43.5 Å². The second kappa shape index (κ2) is 9.37. The minimum absolute atomic E-state index is 0.0876. The van der Waals surface area contributed by atoms with Crippen LogP contribution in [0.3, 0.4) is 0 Å². The summed E-state index contributed by atoms with van der Waals surface area (Å²) in [5, 5.41) is 2.96. The van der Waals surface area contributed by atoms with Crippen LogP contribution in [0.4, 0.5) is 4.39 Å². The fraction of sp³-hybridized carbons (Fsp3) is 0.500. The maximum Gasteiger partial charge on any atom is 0.261 e. The summed E-state index contributed by atoms with van der Waals surface area (Å²) in [6.45, 7) is 1.04. The third-order valence-corrected chi connectivity index (χ3v) is 6.38. The summed E-state index contributed by atoms with van der Waals surface area (Å²) in [5.41, 5.74) is 0.506.